The fourth-order valence-electron chi connectivity index (χ4n) is 1.42. The third-order valence-electron chi connectivity index (χ3n) is 2.20. The molecule has 2 nitrogen and oxygen atoms in total. The molecular formula is C13H13INO+. The molecular weight excluding hydrogens is 313 g/mol. The molecule has 1 heterocycles. The van der Waals surface area contributed by atoms with E-state index in [4.69, 9.17) is 0 Å². The van der Waals surface area contributed by atoms with Gasteiger partial charge in [0, 0.05) is 17.7 Å². The van der Waals surface area contributed by atoms with Crippen LogP contribution >= 0.6 is 24.0 Å². The lowest BCUT2D eigenvalue weighted by Crippen LogP contribution is -2.36. The number of carbonyl (C=O) groups excluding carboxylic acids is 1. The Labute approximate surface area is 112 Å². The average Bonchev–Trinajstić information content (AvgIpc) is 2.31. The number of halogens is 1. The van der Waals surface area contributed by atoms with Gasteiger partial charge in [0.1, 0.15) is 0 Å². The highest BCUT2D eigenvalue weighted by Gasteiger charge is 2.10. The second-order valence-electron chi connectivity index (χ2n) is 3.34. The molecule has 0 spiro atoms. The number of nitrogens with zero attached hydrogens (tertiary/aromatic N) is 1. The summed E-state index contributed by atoms with van der Waals surface area (Å²) in [4.78, 5) is 11.8. The van der Waals surface area contributed by atoms with E-state index < -0.39 is 0 Å². The summed E-state index contributed by atoms with van der Waals surface area (Å²) >= 11 is 0. The monoisotopic (exact) mass is 326 g/mol. The molecule has 2 aromatic rings. The number of hydrogen-bond donors (Lipinski definition) is 0. The van der Waals surface area contributed by atoms with Crippen molar-refractivity contribution in [3.63, 3.8) is 0 Å². The molecule has 1 aromatic heterocycles. The van der Waals surface area contributed by atoms with Gasteiger partial charge in [0.2, 0.25) is 12.3 Å². The molecule has 2 rings (SSSR count). The molecule has 1 aromatic carbocycles. The van der Waals surface area contributed by atoms with Crippen LogP contribution in [0.5, 0.6) is 0 Å². The highest BCUT2D eigenvalue weighted by molar-refractivity contribution is 14.0. The Balaban J connectivity index is 0.00000128. The van der Waals surface area contributed by atoms with Crippen molar-refractivity contribution in [1.29, 1.82) is 0 Å². The average molecular weight is 326 g/mol. The predicted molar refractivity (Wildman–Crippen MR) is 72.8 cm³/mol. The first kappa shape index (κ1) is 12.8. The van der Waals surface area contributed by atoms with Crippen LogP contribution in [0.3, 0.4) is 0 Å². The highest BCUT2D eigenvalue weighted by Crippen LogP contribution is 1.99. The van der Waals surface area contributed by atoms with Gasteiger partial charge in [-0.05, 0) is 0 Å². The van der Waals surface area contributed by atoms with Crippen LogP contribution < -0.4 is 4.57 Å². The van der Waals surface area contributed by atoms with Crippen LogP contribution in [0.25, 0.3) is 0 Å². The van der Waals surface area contributed by atoms with E-state index in [1.165, 1.54) is 0 Å². The zero-order valence-corrected chi connectivity index (χ0v) is 11.1. The molecule has 0 fully saturated rings. The highest BCUT2D eigenvalue weighted by atomic mass is 127. The van der Waals surface area contributed by atoms with E-state index >= 15 is 0 Å². The van der Waals surface area contributed by atoms with Crippen molar-refractivity contribution in [2.75, 3.05) is 0 Å². The van der Waals surface area contributed by atoms with Gasteiger partial charge in [-0.25, -0.2) is 0 Å². The Kier molecular flexibility index (Phi) is 5.11. The fraction of sp³-hybridized carbons (Fsp3) is 0.0769. The van der Waals surface area contributed by atoms with Crippen LogP contribution in [0.1, 0.15) is 10.4 Å². The number of carbonyl (C=O) groups is 1. The standard InChI is InChI=1S/C13H12NO.HI/c15-13(12-7-3-1-4-8-12)11-14-9-5-2-6-10-14;/h1-10H,11H2;1H/q+1;. The fourth-order valence-corrected chi connectivity index (χ4v) is 1.42. The third kappa shape index (κ3) is 3.41. The molecule has 0 atom stereocenters. The Morgan fingerprint density at radius 2 is 1.50 bits per heavy atom. The van der Waals surface area contributed by atoms with Crippen molar-refractivity contribution in [2.45, 2.75) is 6.54 Å². The number of ketones is 1. The van der Waals surface area contributed by atoms with Crippen molar-refractivity contribution >= 4 is 29.8 Å². The molecule has 3 heteroatoms. The van der Waals surface area contributed by atoms with E-state index in [9.17, 15) is 4.79 Å². The zero-order valence-electron chi connectivity index (χ0n) is 8.74. The molecule has 82 valence electrons. The summed E-state index contributed by atoms with van der Waals surface area (Å²) in [6.07, 6.45) is 3.78. The van der Waals surface area contributed by atoms with E-state index in [0.717, 1.165) is 5.56 Å². The number of rotatable bonds is 3. The number of pyridine rings is 1. The van der Waals surface area contributed by atoms with Gasteiger partial charge >= 0.3 is 0 Å². The first-order valence-corrected chi connectivity index (χ1v) is 4.88. The number of aromatic nitrogens is 1. The van der Waals surface area contributed by atoms with Crippen LogP contribution in [0.15, 0.2) is 60.9 Å². The van der Waals surface area contributed by atoms with E-state index in [2.05, 4.69) is 0 Å². The molecule has 16 heavy (non-hydrogen) atoms. The van der Waals surface area contributed by atoms with E-state index in [1.54, 1.807) is 0 Å². The Morgan fingerprint density at radius 1 is 0.938 bits per heavy atom. The van der Waals surface area contributed by atoms with Crippen molar-refractivity contribution < 1.29 is 9.36 Å². The lowest BCUT2D eigenvalue weighted by atomic mass is 10.1. The smallest absolute Gasteiger partial charge is 0.227 e. The minimum atomic E-state index is 0. The van der Waals surface area contributed by atoms with Crippen LogP contribution in [0.2, 0.25) is 0 Å². The third-order valence-corrected chi connectivity index (χ3v) is 2.20. The lowest BCUT2D eigenvalue weighted by molar-refractivity contribution is -0.683. The summed E-state index contributed by atoms with van der Waals surface area (Å²) in [5, 5.41) is 0. The molecule has 0 aliphatic rings. The first-order valence-electron chi connectivity index (χ1n) is 4.88. The van der Waals surface area contributed by atoms with Crippen molar-refractivity contribution in [1.82, 2.24) is 0 Å². The van der Waals surface area contributed by atoms with Crippen molar-refractivity contribution in [3.8, 4) is 0 Å². The molecule has 0 bridgehead atoms. The molecule has 0 saturated heterocycles. The molecule has 0 saturated carbocycles. The maximum atomic E-state index is 11.8. The van der Waals surface area contributed by atoms with E-state index in [0.29, 0.717) is 6.54 Å². The first-order chi connectivity index (χ1) is 7.36. The number of hydrogen-bond acceptors (Lipinski definition) is 1. The molecule has 0 N–H and O–H groups in total. The van der Waals surface area contributed by atoms with Gasteiger partial charge in [0.25, 0.3) is 0 Å². The zero-order chi connectivity index (χ0) is 10.5. The summed E-state index contributed by atoms with van der Waals surface area (Å²) in [7, 11) is 0. The maximum absolute atomic E-state index is 11.8. The van der Waals surface area contributed by atoms with Gasteiger partial charge in [0.05, 0.1) is 0 Å². The maximum Gasteiger partial charge on any atom is 0.227 e. The van der Waals surface area contributed by atoms with Crippen LogP contribution in [0, 0.1) is 0 Å². The summed E-state index contributed by atoms with van der Waals surface area (Å²) in [6.45, 7) is 0.394. The van der Waals surface area contributed by atoms with Gasteiger partial charge in [-0.15, -0.1) is 24.0 Å². The van der Waals surface area contributed by atoms with Gasteiger partial charge in [-0.2, -0.15) is 4.57 Å². The SMILES string of the molecule is I.O=C(C[n+]1ccccc1)c1ccccc1. The van der Waals surface area contributed by atoms with Gasteiger partial charge < -0.3 is 0 Å². The molecule has 0 radical (unpaired) electrons. The summed E-state index contributed by atoms with van der Waals surface area (Å²) in [5.74, 6) is 0.131. The Morgan fingerprint density at radius 3 is 2.12 bits per heavy atom. The topological polar surface area (TPSA) is 20.9 Å². The predicted octanol–water partition coefficient (Wildman–Crippen LogP) is 2.48. The number of benzene rings is 1. The van der Waals surface area contributed by atoms with Gasteiger partial charge in [0.15, 0.2) is 12.4 Å². The molecule has 0 amide bonds. The Bertz CT molecular complexity index is 442. The molecule has 0 aliphatic heterocycles. The normalized spacial score (nSPS) is 9.25. The second-order valence-corrected chi connectivity index (χ2v) is 3.34. The largest absolute Gasteiger partial charge is 0.287 e. The van der Waals surface area contributed by atoms with E-state index in [-0.39, 0.29) is 29.8 Å². The number of Topliss-reactive ketones (excluding diaryl/α,β-unsaturated/α-hetero) is 1. The van der Waals surface area contributed by atoms with Crippen LogP contribution in [-0.2, 0) is 6.54 Å². The van der Waals surface area contributed by atoms with Gasteiger partial charge in [-0.3, -0.25) is 4.79 Å². The molecule has 0 aliphatic carbocycles. The summed E-state index contributed by atoms with van der Waals surface area (Å²) < 4.78 is 1.87. The summed E-state index contributed by atoms with van der Waals surface area (Å²) in [6, 6.07) is 15.1. The quantitative estimate of drug-likeness (QED) is 0.482. The second kappa shape index (κ2) is 6.37. The lowest BCUT2D eigenvalue weighted by Gasteiger charge is -1.96. The van der Waals surface area contributed by atoms with Crippen molar-refractivity contribution in [3.05, 3.63) is 66.5 Å². The van der Waals surface area contributed by atoms with E-state index in [1.807, 2.05) is 65.5 Å². The molecule has 0 unspecified atom stereocenters. The Hall–Kier alpha value is -1.23. The van der Waals surface area contributed by atoms with Crippen molar-refractivity contribution in [2.24, 2.45) is 0 Å². The minimum absolute atomic E-state index is 0. The summed E-state index contributed by atoms with van der Waals surface area (Å²) in [5.41, 5.74) is 0.758. The van der Waals surface area contributed by atoms with Gasteiger partial charge in [-0.1, -0.05) is 36.4 Å². The minimum Gasteiger partial charge on any atom is -0.287 e. The van der Waals surface area contributed by atoms with Crippen LogP contribution in [-0.4, -0.2) is 5.78 Å². The van der Waals surface area contributed by atoms with Crippen LogP contribution in [0.4, 0.5) is 0 Å².